The summed E-state index contributed by atoms with van der Waals surface area (Å²) in [4.78, 5) is 23.5. The fourth-order valence-corrected chi connectivity index (χ4v) is 4.75. The summed E-state index contributed by atoms with van der Waals surface area (Å²) in [7, 11) is -0.485. The first-order chi connectivity index (χ1) is 13.9. The van der Waals surface area contributed by atoms with Crippen molar-refractivity contribution in [3.05, 3.63) is 51.8 Å². The molecule has 6 nitrogen and oxygen atoms in total. The standard InChI is InChI=1S/C20H23BCl2N4O2/c1-13-4-3-5-16(22)19(13)26-12-14-11-24-18(23)10-17(14)27(20(26)28)15-6-8-25(9-7-15)21(2)29/h3-5,10-11,15,29H,6-9,12H2,1-2H3. The molecule has 1 N–H and O–H groups in total. The van der Waals surface area contributed by atoms with Crippen LogP contribution in [0.25, 0.3) is 0 Å². The second-order valence-corrected chi connectivity index (χ2v) is 8.47. The summed E-state index contributed by atoms with van der Waals surface area (Å²) in [6.07, 6.45) is 3.28. The van der Waals surface area contributed by atoms with E-state index in [4.69, 9.17) is 23.2 Å². The quantitative estimate of drug-likeness (QED) is 0.582. The number of halogens is 2. The molecule has 1 aromatic carbocycles. The van der Waals surface area contributed by atoms with E-state index in [1.807, 2.05) is 28.8 Å². The Hall–Kier alpha value is -1.80. The monoisotopic (exact) mass is 432 g/mol. The van der Waals surface area contributed by atoms with Crippen molar-refractivity contribution < 1.29 is 9.82 Å². The van der Waals surface area contributed by atoms with Gasteiger partial charge in [-0.3, -0.25) is 9.80 Å². The van der Waals surface area contributed by atoms with E-state index in [1.54, 1.807) is 30.1 Å². The van der Waals surface area contributed by atoms with Gasteiger partial charge in [-0.25, -0.2) is 9.78 Å². The van der Waals surface area contributed by atoms with Crippen LogP contribution >= 0.6 is 23.2 Å². The van der Waals surface area contributed by atoms with E-state index in [0.29, 0.717) is 16.7 Å². The largest absolute Gasteiger partial charge is 0.437 e. The molecule has 4 rings (SSSR count). The van der Waals surface area contributed by atoms with Gasteiger partial charge in [0.15, 0.2) is 0 Å². The molecule has 1 fully saturated rings. The third-order valence-electron chi connectivity index (χ3n) is 5.80. The SMILES string of the molecule is CB(O)N1CCC(N2C(=O)N(c3c(C)cccc3Cl)Cc3cnc(Cl)cc32)CC1. The second kappa shape index (κ2) is 8.15. The first-order valence-corrected chi connectivity index (χ1v) is 10.5. The highest BCUT2D eigenvalue weighted by Gasteiger charge is 2.39. The van der Waals surface area contributed by atoms with Crippen molar-refractivity contribution in [1.29, 1.82) is 0 Å². The first-order valence-electron chi connectivity index (χ1n) is 9.79. The number of benzene rings is 1. The van der Waals surface area contributed by atoms with Crippen LogP contribution in [0.1, 0.15) is 24.0 Å². The van der Waals surface area contributed by atoms with Crippen LogP contribution in [-0.4, -0.2) is 47.0 Å². The summed E-state index contributed by atoms with van der Waals surface area (Å²) in [6, 6.07) is 7.32. The molecular formula is C20H23BCl2N4O2. The van der Waals surface area contributed by atoms with E-state index in [2.05, 4.69) is 4.98 Å². The average molecular weight is 433 g/mol. The van der Waals surface area contributed by atoms with Gasteiger partial charge in [0.25, 0.3) is 0 Å². The van der Waals surface area contributed by atoms with Crippen LogP contribution in [0.2, 0.25) is 17.0 Å². The summed E-state index contributed by atoms with van der Waals surface area (Å²) < 4.78 is 0. The molecule has 0 bridgehead atoms. The number of pyridine rings is 1. The lowest BCUT2D eigenvalue weighted by atomic mass is 9.82. The Morgan fingerprint density at radius 2 is 1.97 bits per heavy atom. The molecule has 1 aromatic heterocycles. The van der Waals surface area contributed by atoms with Crippen LogP contribution in [0, 0.1) is 6.92 Å². The molecule has 0 saturated carbocycles. The fraction of sp³-hybridized carbons (Fsp3) is 0.400. The van der Waals surface area contributed by atoms with Crippen LogP contribution in [0.15, 0.2) is 30.5 Å². The third-order valence-corrected chi connectivity index (χ3v) is 6.32. The van der Waals surface area contributed by atoms with E-state index in [9.17, 15) is 9.82 Å². The molecule has 9 heteroatoms. The molecule has 1 saturated heterocycles. The molecule has 2 aliphatic heterocycles. The number of aryl methyl sites for hydroxylation is 1. The predicted molar refractivity (Wildman–Crippen MR) is 118 cm³/mol. The third kappa shape index (κ3) is 3.84. The average Bonchev–Trinajstić information content (AvgIpc) is 2.68. The molecule has 0 atom stereocenters. The minimum Gasteiger partial charge on any atom is -0.437 e. The number of carbonyl (C=O) groups excluding carboxylic acids is 1. The zero-order valence-corrected chi connectivity index (χ0v) is 18.0. The topological polar surface area (TPSA) is 59.9 Å². The number of piperidine rings is 1. The molecule has 2 aliphatic rings. The summed E-state index contributed by atoms with van der Waals surface area (Å²) in [5.74, 6) is 0. The summed E-state index contributed by atoms with van der Waals surface area (Å²) >= 11 is 12.7. The van der Waals surface area contributed by atoms with Gasteiger partial charge in [-0.2, -0.15) is 0 Å². The van der Waals surface area contributed by atoms with Crippen LogP contribution < -0.4 is 9.80 Å². The lowest BCUT2D eigenvalue weighted by Gasteiger charge is -2.44. The van der Waals surface area contributed by atoms with Gasteiger partial charge < -0.3 is 9.83 Å². The smallest absolute Gasteiger partial charge is 0.376 e. The van der Waals surface area contributed by atoms with Gasteiger partial charge in [0, 0.05) is 17.8 Å². The summed E-state index contributed by atoms with van der Waals surface area (Å²) in [5, 5.41) is 10.8. The van der Waals surface area contributed by atoms with Gasteiger partial charge >= 0.3 is 13.1 Å². The number of nitrogens with zero attached hydrogens (tertiary/aromatic N) is 4. The molecule has 2 amide bonds. The number of rotatable bonds is 3. The highest BCUT2D eigenvalue weighted by atomic mass is 35.5. The highest BCUT2D eigenvalue weighted by Crippen LogP contribution is 2.39. The second-order valence-electron chi connectivity index (χ2n) is 7.68. The Morgan fingerprint density at radius 1 is 1.24 bits per heavy atom. The number of amides is 2. The van der Waals surface area contributed by atoms with Crippen molar-refractivity contribution in [3.63, 3.8) is 0 Å². The maximum Gasteiger partial charge on any atom is 0.376 e. The molecule has 3 heterocycles. The number of fused-ring (bicyclic) bond motifs is 1. The van der Waals surface area contributed by atoms with Crippen molar-refractivity contribution in [1.82, 2.24) is 9.79 Å². The Bertz CT molecular complexity index is 914. The van der Waals surface area contributed by atoms with E-state index >= 15 is 0 Å². The summed E-state index contributed by atoms with van der Waals surface area (Å²) in [5.41, 5.74) is 3.42. The van der Waals surface area contributed by atoms with E-state index < -0.39 is 7.05 Å². The normalized spacial score (nSPS) is 18.2. The lowest BCUT2D eigenvalue weighted by molar-refractivity contribution is 0.238. The zero-order valence-electron chi connectivity index (χ0n) is 16.5. The minimum absolute atomic E-state index is 0.0142. The van der Waals surface area contributed by atoms with E-state index in [0.717, 1.165) is 48.4 Å². The number of para-hydroxylation sites is 1. The number of aromatic nitrogens is 1. The van der Waals surface area contributed by atoms with Crippen LogP contribution in [-0.2, 0) is 6.54 Å². The lowest BCUT2D eigenvalue weighted by Crippen LogP contribution is -2.56. The Balaban J connectivity index is 1.73. The zero-order chi connectivity index (χ0) is 20.7. The van der Waals surface area contributed by atoms with Crippen LogP contribution in [0.3, 0.4) is 0 Å². The predicted octanol–water partition coefficient (Wildman–Crippen LogP) is 4.22. The Kier molecular flexibility index (Phi) is 5.75. The molecule has 0 spiro atoms. The van der Waals surface area contributed by atoms with Crippen molar-refractivity contribution in [3.8, 4) is 0 Å². The van der Waals surface area contributed by atoms with Gasteiger partial charge in [0.2, 0.25) is 0 Å². The van der Waals surface area contributed by atoms with Crippen LogP contribution in [0.5, 0.6) is 0 Å². The molecule has 152 valence electrons. The van der Waals surface area contributed by atoms with Gasteiger partial charge in [0.05, 0.1) is 22.9 Å². The molecule has 0 radical (unpaired) electrons. The van der Waals surface area contributed by atoms with Crippen molar-refractivity contribution in [2.75, 3.05) is 22.9 Å². The first kappa shape index (κ1) is 20.5. The number of carbonyl (C=O) groups is 1. The maximum absolute atomic E-state index is 13.7. The molecule has 0 aliphatic carbocycles. The molecular weight excluding hydrogens is 410 g/mol. The Labute approximate surface area is 181 Å². The Morgan fingerprint density at radius 3 is 2.62 bits per heavy atom. The van der Waals surface area contributed by atoms with E-state index in [1.165, 1.54) is 0 Å². The van der Waals surface area contributed by atoms with Crippen molar-refractivity contribution >= 4 is 47.7 Å². The molecule has 0 unspecified atom stereocenters. The molecule has 2 aromatic rings. The highest BCUT2D eigenvalue weighted by molar-refractivity contribution is 6.45. The summed E-state index contributed by atoms with van der Waals surface area (Å²) in [6.45, 7) is 5.58. The maximum atomic E-state index is 13.7. The van der Waals surface area contributed by atoms with Gasteiger partial charge in [0.1, 0.15) is 5.15 Å². The van der Waals surface area contributed by atoms with Gasteiger partial charge in [-0.05, 0) is 57.4 Å². The number of hydrogen-bond acceptors (Lipinski definition) is 4. The number of hydrogen-bond donors (Lipinski definition) is 1. The fourth-order valence-electron chi connectivity index (χ4n) is 4.28. The number of urea groups is 1. The van der Waals surface area contributed by atoms with Crippen LogP contribution in [0.4, 0.5) is 16.2 Å². The van der Waals surface area contributed by atoms with Gasteiger partial charge in [-0.1, -0.05) is 35.3 Å². The van der Waals surface area contributed by atoms with E-state index in [-0.39, 0.29) is 12.1 Å². The van der Waals surface area contributed by atoms with Crippen molar-refractivity contribution in [2.24, 2.45) is 0 Å². The van der Waals surface area contributed by atoms with Crippen molar-refractivity contribution in [2.45, 2.75) is 39.2 Å². The minimum atomic E-state index is -0.485. The van der Waals surface area contributed by atoms with Gasteiger partial charge in [-0.15, -0.1) is 0 Å². The molecule has 29 heavy (non-hydrogen) atoms. The number of anilines is 2.